The number of nitrogens with zero attached hydrogens (tertiary/aromatic N) is 2. The summed E-state index contributed by atoms with van der Waals surface area (Å²) >= 11 is 0. The number of β-amino-alcohol motifs (C(OH)–C–C–N with tert-alkyl or cyclic N) is 1. The van der Waals surface area contributed by atoms with Crippen molar-refractivity contribution in [3.63, 3.8) is 0 Å². The van der Waals surface area contributed by atoms with Crippen molar-refractivity contribution in [3.05, 3.63) is 0 Å². The molecule has 2 fully saturated rings. The Balaban J connectivity index is 1.78. The molecule has 0 aromatic carbocycles. The highest BCUT2D eigenvalue weighted by Crippen LogP contribution is 2.20. The van der Waals surface area contributed by atoms with Crippen molar-refractivity contribution < 1.29 is 9.90 Å². The summed E-state index contributed by atoms with van der Waals surface area (Å²) in [7, 11) is 0. The average Bonchev–Trinajstić information content (AvgIpc) is 2.62. The van der Waals surface area contributed by atoms with Gasteiger partial charge in [0, 0.05) is 32.2 Å². The standard InChI is InChI=1S/C12H23N3O2/c1-12(17)4-7-15(9-12)11(16)8-14-5-2-10(13)3-6-14/h10,17H,2-9,13H2,1H3. The number of hydrogen-bond acceptors (Lipinski definition) is 4. The topological polar surface area (TPSA) is 69.8 Å². The van der Waals surface area contributed by atoms with Gasteiger partial charge in [-0.2, -0.15) is 0 Å². The summed E-state index contributed by atoms with van der Waals surface area (Å²) in [6.45, 7) is 5.25. The Kier molecular flexibility index (Phi) is 3.70. The van der Waals surface area contributed by atoms with Crippen LogP contribution in [0.5, 0.6) is 0 Å². The SMILES string of the molecule is CC1(O)CCN(C(=O)CN2CCC(N)CC2)C1. The third-order valence-electron chi connectivity index (χ3n) is 3.80. The molecule has 17 heavy (non-hydrogen) atoms. The van der Waals surface area contributed by atoms with E-state index in [4.69, 9.17) is 5.73 Å². The number of rotatable bonds is 2. The molecule has 2 aliphatic heterocycles. The molecule has 1 unspecified atom stereocenters. The summed E-state index contributed by atoms with van der Waals surface area (Å²) in [5, 5.41) is 9.83. The molecule has 5 nitrogen and oxygen atoms in total. The van der Waals surface area contributed by atoms with Crippen molar-refractivity contribution in [2.45, 2.75) is 37.8 Å². The first-order valence-electron chi connectivity index (χ1n) is 6.44. The third-order valence-corrected chi connectivity index (χ3v) is 3.80. The number of piperidine rings is 1. The average molecular weight is 241 g/mol. The van der Waals surface area contributed by atoms with Crippen LogP contribution in [-0.2, 0) is 4.79 Å². The van der Waals surface area contributed by atoms with Gasteiger partial charge < -0.3 is 15.7 Å². The van der Waals surface area contributed by atoms with E-state index in [0.29, 0.717) is 32.1 Å². The van der Waals surface area contributed by atoms with Crippen LogP contribution in [0, 0.1) is 0 Å². The zero-order valence-electron chi connectivity index (χ0n) is 10.6. The van der Waals surface area contributed by atoms with Crippen molar-refractivity contribution in [3.8, 4) is 0 Å². The number of nitrogens with two attached hydrogens (primary N) is 1. The van der Waals surface area contributed by atoms with Crippen LogP contribution < -0.4 is 5.73 Å². The second kappa shape index (κ2) is 4.92. The van der Waals surface area contributed by atoms with E-state index in [1.807, 2.05) is 0 Å². The highest BCUT2D eigenvalue weighted by molar-refractivity contribution is 5.78. The molecule has 2 rings (SSSR count). The molecular formula is C12H23N3O2. The van der Waals surface area contributed by atoms with E-state index in [1.165, 1.54) is 0 Å². The van der Waals surface area contributed by atoms with Gasteiger partial charge >= 0.3 is 0 Å². The van der Waals surface area contributed by atoms with Crippen molar-refractivity contribution >= 4 is 5.91 Å². The van der Waals surface area contributed by atoms with Gasteiger partial charge in [-0.25, -0.2) is 0 Å². The number of carbonyl (C=O) groups excluding carboxylic acids is 1. The van der Waals surface area contributed by atoms with E-state index in [-0.39, 0.29) is 5.91 Å². The first-order chi connectivity index (χ1) is 7.96. The van der Waals surface area contributed by atoms with E-state index in [2.05, 4.69) is 4.90 Å². The molecule has 0 aromatic rings. The molecule has 1 amide bonds. The molecule has 2 heterocycles. The summed E-state index contributed by atoms with van der Waals surface area (Å²) in [6.07, 6.45) is 2.64. The Morgan fingerprint density at radius 3 is 2.59 bits per heavy atom. The monoisotopic (exact) mass is 241 g/mol. The second-order valence-corrected chi connectivity index (χ2v) is 5.68. The van der Waals surface area contributed by atoms with E-state index >= 15 is 0 Å². The second-order valence-electron chi connectivity index (χ2n) is 5.68. The van der Waals surface area contributed by atoms with Crippen molar-refractivity contribution in [1.29, 1.82) is 0 Å². The van der Waals surface area contributed by atoms with Gasteiger partial charge in [-0.15, -0.1) is 0 Å². The van der Waals surface area contributed by atoms with Crippen LogP contribution in [0.2, 0.25) is 0 Å². The Hall–Kier alpha value is -0.650. The predicted molar refractivity (Wildman–Crippen MR) is 65.5 cm³/mol. The zero-order valence-corrected chi connectivity index (χ0v) is 10.6. The molecule has 5 heteroatoms. The molecule has 98 valence electrons. The minimum absolute atomic E-state index is 0.137. The molecule has 0 aliphatic carbocycles. The van der Waals surface area contributed by atoms with Crippen LogP contribution in [0.4, 0.5) is 0 Å². The van der Waals surface area contributed by atoms with Gasteiger partial charge in [0.25, 0.3) is 0 Å². The van der Waals surface area contributed by atoms with Gasteiger partial charge in [0.1, 0.15) is 0 Å². The quantitative estimate of drug-likeness (QED) is 0.677. The number of amides is 1. The smallest absolute Gasteiger partial charge is 0.236 e. The van der Waals surface area contributed by atoms with Crippen LogP contribution in [0.3, 0.4) is 0 Å². The summed E-state index contributed by atoms with van der Waals surface area (Å²) in [5.41, 5.74) is 5.14. The lowest BCUT2D eigenvalue weighted by Crippen LogP contribution is -2.45. The van der Waals surface area contributed by atoms with Gasteiger partial charge in [0.2, 0.25) is 5.91 Å². The summed E-state index contributed by atoms with van der Waals surface area (Å²) in [4.78, 5) is 16.0. The maximum atomic E-state index is 12.0. The van der Waals surface area contributed by atoms with Crippen LogP contribution in [0.15, 0.2) is 0 Å². The molecule has 0 radical (unpaired) electrons. The highest BCUT2D eigenvalue weighted by atomic mass is 16.3. The summed E-state index contributed by atoms with van der Waals surface area (Å²) in [6, 6.07) is 0.300. The summed E-state index contributed by atoms with van der Waals surface area (Å²) < 4.78 is 0. The van der Waals surface area contributed by atoms with Crippen LogP contribution >= 0.6 is 0 Å². The lowest BCUT2D eigenvalue weighted by atomic mass is 10.1. The molecule has 2 aliphatic rings. The van der Waals surface area contributed by atoms with E-state index < -0.39 is 5.60 Å². The van der Waals surface area contributed by atoms with Gasteiger partial charge in [-0.1, -0.05) is 0 Å². The fourth-order valence-corrected chi connectivity index (χ4v) is 2.56. The number of likely N-dealkylation sites (tertiary alicyclic amines) is 2. The van der Waals surface area contributed by atoms with Gasteiger partial charge in [-0.05, 0) is 26.2 Å². The molecule has 0 bridgehead atoms. The summed E-state index contributed by atoms with van der Waals surface area (Å²) in [5.74, 6) is 0.137. The first-order valence-corrected chi connectivity index (χ1v) is 6.44. The van der Waals surface area contributed by atoms with E-state index in [0.717, 1.165) is 25.9 Å². The lowest BCUT2D eigenvalue weighted by Gasteiger charge is -2.31. The molecule has 3 N–H and O–H groups in total. The molecule has 0 saturated carbocycles. The Bertz CT molecular complexity index is 285. The third kappa shape index (κ3) is 3.40. The number of hydrogen-bond donors (Lipinski definition) is 2. The minimum Gasteiger partial charge on any atom is -0.388 e. The number of carbonyl (C=O) groups is 1. The molecule has 0 aromatic heterocycles. The maximum absolute atomic E-state index is 12.0. The van der Waals surface area contributed by atoms with Crippen molar-refractivity contribution in [2.24, 2.45) is 5.73 Å². The molecule has 0 spiro atoms. The van der Waals surface area contributed by atoms with Gasteiger partial charge in [0.15, 0.2) is 0 Å². The van der Waals surface area contributed by atoms with Crippen LogP contribution in [0.25, 0.3) is 0 Å². The first kappa shape index (κ1) is 12.8. The minimum atomic E-state index is -0.695. The number of aliphatic hydroxyl groups is 1. The Morgan fingerprint density at radius 1 is 1.41 bits per heavy atom. The molecular weight excluding hydrogens is 218 g/mol. The molecule has 2 saturated heterocycles. The van der Waals surface area contributed by atoms with Crippen LogP contribution in [-0.4, -0.2) is 65.2 Å². The fourth-order valence-electron chi connectivity index (χ4n) is 2.56. The normalized spacial score (nSPS) is 32.1. The highest BCUT2D eigenvalue weighted by Gasteiger charge is 2.34. The van der Waals surface area contributed by atoms with Crippen molar-refractivity contribution in [2.75, 3.05) is 32.7 Å². The predicted octanol–water partition coefficient (Wildman–Crippen LogP) is -0.607. The van der Waals surface area contributed by atoms with E-state index in [1.54, 1.807) is 11.8 Å². The largest absolute Gasteiger partial charge is 0.388 e. The van der Waals surface area contributed by atoms with Gasteiger partial charge in [-0.3, -0.25) is 9.69 Å². The fraction of sp³-hybridized carbons (Fsp3) is 0.917. The lowest BCUT2D eigenvalue weighted by molar-refractivity contribution is -0.132. The van der Waals surface area contributed by atoms with Gasteiger partial charge in [0.05, 0.1) is 12.1 Å². The zero-order chi connectivity index (χ0) is 12.5. The van der Waals surface area contributed by atoms with Crippen molar-refractivity contribution in [1.82, 2.24) is 9.80 Å². The van der Waals surface area contributed by atoms with E-state index in [9.17, 15) is 9.90 Å². The maximum Gasteiger partial charge on any atom is 0.236 e. The molecule has 1 atom stereocenters. The van der Waals surface area contributed by atoms with Crippen LogP contribution in [0.1, 0.15) is 26.2 Å². The Labute approximate surface area is 103 Å². The Morgan fingerprint density at radius 2 is 2.06 bits per heavy atom.